The third kappa shape index (κ3) is 7.25. The van der Waals surface area contributed by atoms with Crippen LogP contribution in [0.25, 0.3) is 0 Å². The van der Waals surface area contributed by atoms with Gasteiger partial charge in [0.1, 0.15) is 12.4 Å². The first-order valence-corrected chi connectivity index (χ1v) is 10.9. The molecule has 0 radical (unpaired) electrons. The number of sulfonamides is 1. The van der Waals surface area contributed by atoms with E-state index in [0.29, 0.717) is 32.2 Å². The Kier molecular flexibility index (Phi) is 10.8. The summed E-state index contributed by atoms with van der Waals surface area (Å²) in [5, 5.41) is 6.69. The molecule has 0 amide bonds. The van der Waals surface area contributed by atoms with Crippen LogP contribution in [0.1, 0.15) is 25.3 Å². The summed E-state index contributed by atoms with van der Waals surface area (Å²) in [5.74, 6) is 1.67. The molecule has 0 spiro atoms. The van der Waals surface area contributed by atoms with E-state index in [0.717, 1.165) is 24.2 Å². The van der Waals surface area contributed by atoms with Crippen LogP contribution in [0.15, 0.2) is 41.9 Å². The summed E-state index contributed by atoms with van der Waals surface area (Å²) >= 11 is 0. The lowest BCUT2D eigenvalue weighted by Gasteiger charge is -2.32. The van der Waals surface area contributed by atoms with Crippen LogP contribution in [-0.4, -0.2) is 57.2 Å². The first kappa shape index (κ1) is 24.7. The van der Waals surface area contributed by atoms with Crippen LogP contribution < -0.4 is 15.4 Å². The molecular weight excluding hydrogens is 491 g/mol. The van der Waals surface area contributed by atoms with Gasteiger partial charge < -0.3 is 15.4 Å². The molecule has 28 heavy (non-hydrogen) atoms. The van der Waals surface area contributed by atoms with E-state index in [1.54, 1.807) is 24.4 Å². The van der Waals surface area contributed by atoms with Gasteiger partial charge in [-0.25, -0.2) is 12.7 Å². The number of nitrogens with one attached hydrogen (secondary N) is 2. The van der Waals surface area contributed by atoms with Gasteiger partial charge >= 0.3 is 0 Å². The SMILES string of the molecule is C=CCOc1ccccc1CNC(=NC)NC1CCN(S(=O)(=O)CC)CC1.I. The molecule has 2 rings (SSSR count). The maximum atomic E-state index is 12.0. The summed E-state index contributed by atoms with van der Waals surface area (Å²) in [6.07, 6.45) is 3.24. The highest BCUT2D eigenvalue weighted by Crippen LogP contribution is 2.18. The van der Waals surface area contributed by atoms with Crippen molar-refractivity contribution in [2.24, 2.45) is 4.99 Å². The summed E-state index contributed by atoms with van der Waals surface area (Å²) < 4.78 is 31.2. The van der Waals surface area contributed by atoms with E-state index in [1.807, 2.05) is 24.3 Å². The van der Waals surface area contributed by atoms with Crippen LogP contribution in [0.2, 0.25) is 0 Å². The van der Waals surface area contributed by atoms with E-state index in [1.165, 1.54) is 0 Å². The number of hydrogen-bond donors (Lipinski definition) is 2. The number of hydrogen-bond acceptors (Lipinski definition) is 4. The number of para-hydroxylation sites is 1. The number of piperidine rings is 1. The highest BCUT2D eigenvalue weighted by atomic mass is 127. The average molecular weight is 522 g/mol. The minimum Gasteiger partial charge on any atom is -0.489 e. The molecule has 7 nitrogen and oxygen atoms in total. The quantitative estimate of drug-likeness (QED) is 0.237. The van der Waals surface area contributed by atoms with Gasteiger partial charge in [-0.1, -0.05) is 30.9 Å². The van der Waals surface area contributed by atoms with Crippen molar-refractivity contribution >= 4 is 40.0 Å². The number of guanidine groups is 1. The maximum absolute atomic E-state index is 12.0. The van der Waals surface area contributed by atoms with Crippen molar-refractivity contribution in [2.75, 3.05) is 32.5 Å². The van der Waals surface area contributed by atoms with Crippen molar-refractivity contribution in [3.63, 3.8) is 0 Å². The second-order valence-corrected chi connectivity index (χ2v) is 8.61. The van der Waals surface area contributed by atoms with Crippen molar-refractivity contribution < 1.29 is 13.2 Å². The smallest absolute Gasteiger partial charge is 0.213 e. The number of halogens is 1. The van der Waals surface area contributed by atoms with Gasteiger partial charge in [0.25, 0.3) is 0 Å². The fourth-order valence-electron chi connectivity index (χ4n) is 2.97. The summed E-state index contributed by atoms with van der Waals surface area (Å²) in [7, 11) is -1.37. The fraction of sp³-hybridized carbons (Fsp3) is 0.526. The van der Waals surface area contributed by atoms with Gasteiger partial charge in [0.05, 0.1) is 5.75 Å². The van der Waals surface area contributed by atoms with Crippen molar-refractivity contribution in [3.8, 4) is 5.75 Å². The third-order valence-corrected chi connectivity index (χ3v) is 6.43. The van der Waals surface area contributed by atoms with Crippen LogP contribution >= 0.6 is 24.0 Å². The number of nitrogens with zero attached hydrogens (tertiary/aromatic N) is 2. The molecule has 0 aliphatic carbocycles. The van der Waals surface area contributed by atoms with Crippen molar-refractivity contribution in [1.82, 2.24) is 14.9 Å². The molecule has 0 unspecified atom stereocenters. The van der Waals surface area contributed by atoms with Crippen LogP contribution in [0.4, 0.5) is 0 Å². The molecule has 9 heteroatoms. The van der Waals surface area contributed by atoms with Crippen LogP contribution in [0.3, 0.4) is 0 Å². The zero-order valence-electron chi connectivity index (χ0n) is 16.6. The van der Waals surface area contributed by atoms with Gasteiger partial charge in [-0.3, -0.25) is 4.99 Å². The van der Waals surface area contributed by atoms with Gasteiger partial charge in [0, 0.05) is 38.3 Å². The lowest BCUT2D eigenvalue weighted by atomic mass is 10.1. The Morgan fingerprint density at radius 3 is 2.64 bits per heavy atom. The molecule has 1 fully saturated rings. The van der Waals surface area contributed by atoms with Crippen molar-refractivity contribution in [1.29, 1.82) is 0 Å². The molecular formula is C19H31IN4O3S. The number of aliphatic imine (C=N–C) groups is 1. The largest absolute Gasteiger partial charge is 0.489 e. The lowest BCUT2D eigenvalue weighted by molar-refractivity contribution is 0.306. The summed E-state index contributed by atoms with van der Waals surface area (Å²) in [4.78, 5) is 4.28. The summed E-state index contributed by atoms with van der Waals surface area (Å²) in [5.41, 5.74) is 1.03. The van der Waals surface area contributed by atoms with Gasteiger partial charge in [-0.15, -0.1) is 24.0 Å². The van der Waals surface area contributed by atoms with Gasteiger partial charge in [-0.2, -0.15) is 0 Å². The second-order valence-electron chi connectivity index (χ2n) is 6.35. The first-order chi connectivity index (χ1) is 13.0. The van der Waals surface area contributed by atoms with Crippen molar-refractivity contribution in [2.45, 2.75) is 32.4 Å². The Labute approximate surface area is 185 Å². The molecule has 0 atom stereocenters. The van der Waals surface area contributed by atoms with E-state index < -0.39 is 10.0 Å². The van der Waals surface area contributed by atoms with Gasteiger partial charge in [-0.05, 0) is 25.8 Å². The van der Waals surface area contributed by atoms with Crippen molar-refractivity contribution in [3.05, 3.63) is 42.5 Å². The molecule has 0 aromatic heterocycles. The molecule has 158 valence electrons. The summed E-state index contributed by atoms with van der Waals surface area (Å²) in [6.45, 7) is 7.49. The molecule has 1 aromatic rings. The van der Waals surface area contributed by atoms with E-state index in [4.69, 9.17) is 4.74 Å². The second kappa shape index (κ2) is 12.3. The fourth-order valence-corrected chi connectivity index (χ4v) is 4.10. The normalized spacial score (nSPS) is 16.1. The Hall–Kier alpha value is -1.33. The van der Waals surface area contributed by atoms with Crippen LogP contribution in [0.5, 0.6) is 5.75 Å². The summed E-state index contributed by atoms with van der Waals surface area (Å²) in [6, 6.07) is 8.05. The Balaban J connectivity index is 0.00000392. The minimum atomic E-state index is -3.10. The van der Waals surface area contributed by atoms with Crippen LogP contribution in [-0.2, 0) is 16.6 Å². The standard InChI is InChI=1S/C19H30N4O3S.HI/c1-4-14-26-18-9-7-6-8-16(18)15-21-19(20-3)22-17-10-12-23(13-11-17)27(24,25)5-2;/h4,6-9,17H,1,5,10-15H2,2-3H3,(H2,20,21,22);1H. The molecule has 1 heterocycles. The highest BCUT2D eigenvalue weighted by Gasteiger charge is 2.26. The predicted octanol–water partition coefficient (Wildman–Crippen LogP) is 2.35. The molecule has 2 N–H and O–H groups in total. The Bertz CT molecular complexity index is 747. The first-order valence-electron chi connectivity index (χ1n) is 9.26. The molecule has 0 bridgehead atoms. The van der Waals surface area contributed by atoms with E-state index in [9.17, 15) is 8.42 Å². The third-order valence-electron chi connectivity index (χ3n) is 4.55. The monoisotopic (exact) mass is 522 g/mol. The Morgan fingerprint density at radius 1 is 1.36 bits per heavy atom. The molecule has 1 aromatic carbocycles. The predicted molar refractivity (Wildman–Crippen MR) is 125 cm³/mol. The topological polar surface area (TPSA) is 83.0 Å². The van der Waals surface area contributed by atoms with E-state index in [2.05, 4.69) is 22.2 Å². The molecule has 0 saturated carbocycles. The minimum absolute atomic E-state index is 0. The highest BCUT2D eigenvalue weighted by molar-refractivity contribution is 14.0. The van der Waals surface area contributed by atoms with Gasteiger partial charge in [0.15, 0.2) is 5.96 Å². The number of ether oxygens (including phenoxy) is 1. The number of rotatable bonds is 8. The maximum Gasteiger partial charge on any atom is 0.213 e. The van der Waals surface area contributed by atoms with Crippen LogP contribution in [0, 0.1) is 0 Å². The van der Waals surface area contributed by atoms with E-state index in [-0.39, 0.29) is 35.8 Å². The Morgan fingerprint density at radius 2 is 2.04 bits per heavy atom. The van der Waals surface area contributed by atoms with Gasteiger partial charge in [0.2, 0.25) is 10.0 Å². The average Bonchev–Trinajstić information content (AvgIpc) is 2.70. The molecule has 1 aliphatic rings. The zero-order chi connectivity index (χ0) is 19.7. The number of benzene rings is 1. The zero-order valence-corrected chi connectivity index (χ0v) is 19.7. The molecule has 1 aliphatic heterocycles. The lowest BCUT2D eigenvalue weighted by Crippen LogP contribution is -2.49. The molecule has 1 saturated heterocycles. The van der Waals surface area contributed by atoms with E-state index >= 15 is 0 Å².